The molecule has 0 saturated carbocycles. The third-order valence-electron chi connectivity index (χ3n) is 2.35. The van der Waals surface area contributed by atoms with Crippen molar-refractivity contribution in [2.24, 2.45) is 0 Å². The van der Waals surface area contributed by atoms with Gasteiger partial charge in [0.25, 0.3) is 0 Å². The summed E-state index contributed by atoms with van der Waals surface area (Å²) < 4.78 is 1.98. The van der Waals surface area contributed by atoms with E-state index >= 15 is 0 Å². The number of nitrogens with zero attached hydrogens (tertiary/aromatic N) is 3. The van der Waals surface area contributed by atoms with Crippen LogP contribution in [0.25, 0.3) is 0 Å². The Hall–Kier alpha value is -1.09. The molecule has 0 atom stereocenters. The Kier molecular flexibility index (Phi) is 2.77. The minimum Gasteiger partial charge on any atom is -0.298 e. The van der Waals surface area contributed by atoms with Crippen LogP contribution in [0.4, 0.5) is 0 Å². The lowest BCUT2D eigenvalue weighted by Crippen LogP contribution is -2.30. The highest BCUT2D eigenvalue weighted by molar-refractivity contribution is 4.90. The van der Waals surface area contributed by atoms with Crippen molar-refractivity contribution in [1.82, 2.24) is 14.7 Å². The highest BCUT2D eigenvalue weighted by atomic mass is 15.3. The van der Waals surface area contributed by atoms with Crippen molar-refractivity contribution in [3.05, 3.63) is 30.6 Å². The summed E-state index contributed by atoms with van der Waals surface area (Å²) in [5.74, 6) is 0. The molecular formula is C10H15N3. The molecule has 70 valence electrons. The predicted octanol–water partition coefficient (Wildman–Crippen LogP) is 1.15. The van der Waals surface area contributed by atoms with Crippen molar-refractivity contribution in [2.75, 3.05) is 19.6 Å². The molecule has 0 N–H and O–H groups in total. The summed E-state index contributed by atoms with van der Waals surface area (Å²) in [5.41, 5.74) is 0. The average molecular weight is 177 g/mol. The maximum Gasteiger partial charge on any atom is 0.0536 e. The van der Waals surface area contributed by atoms with Gasteiger partial charge in [-0.25, -0.2) is 0 Å². The van der Waals surface area contributed by atoms with Gasteiger partial charge in [-0.05, 0) is 12.5 Å². The van der Waals surface area contributed by atoms with E-state index in [1.165, 1.54) is 13.0 Å². The topological polar surface area (TPSA) is 21.1 Å². The molecule has 3 nitrogen and oxygen atoms in total. The smallest absolute Gasteiger partial charge is 0.0536 e. The van der Waals surface area contributed by atoms with E-state index < -0.39 is 0 Å². The third kappa shape index (κ3) is 2.42. The summed E-state index contributed by atoms with van der Waals surface area (Å²) in [5, 5.41) is 4.17. The molecule has 0 spiro atoms. The van der Waals surface area contributed by atoms with Gasteiger partial charge in [-0.2, -0.15) is 5.10 Å². The summed E-state index contributed by atoms with van der Waals surface area (Å²) >= 11 is 0. The van der Waals surface area contributed by atoms with Gasteiger partial charge in [-0.1, -0.05) is 12.2 Å². The molecule has 2 rings (SSSR count). The predicted molar refractivity (Wildman–Crippen MR) is 52.4 cm³/mol. The van der Waals surface area contributed by atoms with E-state index in [1.807, 2.05) is 23.1 Å². The molecule has 0 bridgehead atoms. The SMILES string of the molecule is C1=CCN(CCn2cccn2)CC1. The fourth-order valence-corrected chi connectivity index (χ4v) is 1.57. The second kappa shape index (κ2) is 4.23. The van der Waals surface area contributed by atoms with Crippen LogP contribution in [0.1, 0.15) is 6.42 Å². The van der Waals surface area contributed by atoms with Crippen LogP contribution in [0, 0.1) is 0 Å². The molecule has 1 aliphatic rings. The summed E-state index contributed by atoms with van der Waals surface area (Å²) in [7, 11) is 0. The van der Waals surface area contributed by atoms with Gasteiger partial charge in [0.2, 0.25) is 0 Å². The lowest BCUT2D eigenvalue weighted by Gasteiger charge is -2.22. The Bertz CT molecular complexity index is 264. The molecule has 0 saturated heterocycles. The van der Waals surface area contributed by atoms with Crippen molar-refractivity contribution in [3.8, 4) is 0 Å². The maximum atomic E-state index is 4.17. The summed E-state index contributed by atoms with van der Waals surface area (Å²) in [4.78, 5) is 2.45. The maximum absolute atomic E-state index is 4.17. The van der Waals surface area contributed by atoms with E-state index in [2.05, 4.69) is 22.2 Å². The summed E-state index contributed by atoms with van der Waals surface area (Å²) in [6, 6.07) is 1.97. The second-order valence-electron chi connectivity index (χ2n) is 3.33. The molecule has 0 radical (unpaired) electrons. The molecule has 0 aliphatic carbocycles. The standard InChI is InChI=1S/C10H15N3/c1-2-6-12(7-3-1)9-10-13-8-4-5-11-13/h1-2,4-5,8H,3,6-7,9-10H2. The first-order chi connectivity index (χ1) is 6.45. The summed E-state index contributed by atoms with van der Waals surface area (Å²) in [6.45, 7) is 4.39. The van der Waals surface area contributed by atoms with Crippen LogP contribution >= 0.6 is 0 Å². The Labute approximate surface area is 78.7 Å². The number of rotatable bonds is 3. The first-order valence-corrected chi connectivity index (χ1v) is 4.80. The van der Waals surface area contributed by atoms with Crippen LogP contribution in [0.5, 0.6) is 0 Å². The van der Waals surface area contributed by atoms with Gasteiger partial charge in [-0.15, -0.1) is 0 Å². The van der Waals surface area contributed by atoms with E-state index in [9.17, 15) is 0 Å². The van der Waals surface area contributed by atoms with Crippen LogP contribution in [0.15, 0.2) is 30.6 Å². The molecule has 3 heteroatoms. The van der Waals surface area contributed by atoms with Crippen molar-refractivity contribution < 1.29 is 0 Å². The molecule has 1 aromatic rings. The van der Waals surface area contributed by atoms with E-state index in [1.54, 1.807) is 0 Å². The third-order valence-corrected chi connectivity index (χ3v) is 2.35. The second-order valence-corrected chi connectivity index (χ2v) is 3.33. The van der Waals surface area contributed by atoms with Crippen LogP contribution < -0.4 is 0 Å². The lowest BCUT2D eigenvalue weighted by molar-refractivity contribution is 0.281. The van der Waals surface area contributed by atoms with Crippen LogP contribution in [0.3, 0.4) is 0 Å². The fourth-order valence-electron chi connectivity index (χ4n) is 1.57. The molecule has 1 aliphatic heterocycles. The molecule has 0 aromatic carbocycles. The van der Waals surface area contributed by atoms with Gasteiger partial charge < -0.3 is 0 Å². The van der Waals surface area contributed by atoms with E-state index in [0.29, 0.717) is 0 Å². The van der Waals surface area contributed by atoms with Gasteiger partial charge in [0.1, 0.15) is 0 Å². The fraction of sp³-hybridized carbons (Fsp3) is 0.500. The minimum atomic E-state index is 1.00. The van der Waals surface area contributed by atoms with Crippen molar-refractivity contribution in [1.29, 1.82) is 0 Å². The van der Waals surface area contributed by atoms with E-state index in [-0.39, 0.29) is 0 Å². The zero-order chi connectivity index (χ0) is 8.93. The van der Waals surface area contributed by atoms with Crippen molar-refractivity contribution in [2.45, 2.75) is 13.0 Å². The number of aromatic nitrogens is 2. The number of hydrogen-bond donors (Lipinski definition) is 0. The molecule has 13 heavy (non-hydrogen) atoms. The average Bonchev–Trinajstić information content (AvgIpc) is 2.69. The minimum absolute atomic E-state index is 1.00. The van der Waals surface area contributed by atoms with Gasteiger partial charge in [0.05, 0.1) is 6.54 Å². The Balaban J connectivity index is 1.76. The Morgan fingerprint density at radius 3 is 2.92 bits per heavy atom. The van der Waals surface area contributed by atoms with Crippen molar-refractivity contribution in [3.63, 3.8) is 0 Å². The first-order valence-electron chi connectivity index (χ1n) is 4.80. The van der Waals surface area contributed by atoms with Crippen LogP contribution in [0.2, 0.25) is 0 Å². The highest BCUT2D eigenvalue weighted by Gasteiger charge is 2.04. The Morgan fingerprint density at radius 2 is 2.23 bits per heavy atom. The van der Waals surface area contributed by atoms with Crippen LogP contribution in [-0.2, 0) is 6.54 Å². The normalized spacial score (nSPS) is 17.8. The van der Waals surface area contributed by atoms with Gasteiger partial charge >= 0.3 is 0 Å². The van der Waals surface area contributed by atoms with Gasteiger partial charge in [-0.3, -0.25) is 9.58 Å². The highest BCUT2D eigenvalue weighted by Crippen LogP contribution is 2.00. The molecule has 1 aromatic heterocycles. The first kappa shape index (κ1) is 8.51. The molecule has 0 amide bonds. The zero-order valence-corrected chi connectivity index (χ0v) is 7.76. The molecule has 0 unspecified atom stereocenters. The quantitative estimate of drug-likeness (QED) is 0.646. The molecular weight excluding hydrogens is 162 g/mol. The molecule has 0 fully saturated rings. The van der Waals surface area contributed by atoms with Gasteiger partial charge in [0.15, 0.2) is 0 Å². The van der Waals surface area contributed by atoms with Gasteiger partial charge in [0, 0.05) is 32.0 Å². The zero-order valence-electron chi connectivity index (χ0n) is 7.76. The van der Waals surface area contributed by atoms with Crippen molar-refractivity contribution >= 4 is 0 Å². The lowest BCUT2D eigenvalue weighted by atomic mass is 10.2. The van der Waals surface area contributed by atoms with E-state index in [0.717, 1.165) is 19.6 Å². The largest absolute Gasteiger partial charge is 0.298 e. The summed E-state index contributed by atoms with van der Waals surface area (Å²) in [6.07, 6.45) is 9.53. The Morgan fingerprint density at radius 1 is 1.23 bits per heavy atom. The monoisotopic (exact) mass is 177 g/mol. The van der Waals surface area contributed by atoms with E-state index in [4.69, 9.17) is 0 Å². The van der Waals surface area contributed by atoms with Crippen LogP contribution in [-0.4, -0.2) is 34.3 Å². The molecule has 2 heterocycles. The number of hydrogen-bond acceptors (Lipinski definition) is 2.